The average molecular weight is 260 g/mol. The molecule has 0 aliphatic carbocycles. The normalized spacial score (nSPS) is 16.8. The van der Waals surface area contributed by atoms with E-state index < -0.39 is 5.41 Å². The third-order valence-electron chi connectivity index (χ3n) is 4.04. The number of nitrogens with two attached hydrogens (primary N) is 1. The summed E-state index contributed by atoms with van der Waals surface area (Å²) in [4.78, 5) is 14.3. The molecular weight excluding hydrogens is 236 g/mol. The summed E-state index contributed by atoms with van der Waals surface area (Å²) in [6, 6.07) is 6.45. The van der Waals surface area contributed by atoms with E-state index in [2.05, 4.69) is 18.2 Å². The number of carbonyl (C=O) groups excluding carboxylic acids is 1. The van der Waals surface area contributed by atoms with Crippen molar-refractivity contribution in [3.63, 3.8) is 0 Å². The number of nitrogens with zero attached hydrogens (tertiary/aromatic N) is 1. The summed E-state index contributed by atoms with van der Waals surface area (Å²) in [6.07, 6.45) is 3.21. The smallest absolute Gasteiger partial charge is 0.237 e. The van der Waals surface area contributed by atoms with Gasteiger partial charge >= 0.3 is 0 Å². The Morgan fingerprint density at radius 1 is 1.26 bits per heavy atom. The molecule has 3 nitrogen and oxygen atoms in total. The fourth-order valence-corrected chi connectivity index (χ4v) is 2.82. The van der Waals surface area contributed by atoms with Crippen LogP contribution in [0.15, 0.2) is 18.2 Å². The number of unbranched alkanes of at least 4 members (excludes halogenated alkanes) is 1. The van der Waals surface area contributed by atoms with Gasteiger partial charge in [0.1, 0.15) is 0 Å². The van der Waals surface area contributed by atoms with Crippen LogP contribution in [0.25, 0.3) is 0 Å². The predicted octanol–water partition coefficient (Wildman–Crippen LogP) is 2.61. The number of benzene rings is 1. The maximum Gasteiger partial charge on any atom is 0.237 e. The molecule has 1 aliphatic rings. The zero-order valence-electron chi connectivity index (χ0n) is 12.2. The minimum atomic E-state index is -0.394. The van der Waals surface area contributed by atoms with Crippen LogP contribution in [0.2, 0.25) is 0 Å². The lowest BCUT2D eigenvalue weighted by molar-refractivity contribution is -0.122. The van der Waals surface area contributed by atoms with Crippen molar-refractivity contribution in [1.29, 1.82) is 0 Å². The average Bonchev–Trinajstić information content (AvgIpc) is 2.58. The number of aryl methyl sites for hydroxylation is 1. The third-order valence-corrected chi connectivity index (χ3v) is 4.04. The van der Waals surface area contributed by atoms with Crippen LogP contribution in [-0.4, -0.2) is 19.0 Å². The van der Waals surface area contributed by atoms with Crippen LogP contribution in [0.4, 0.5) is 5.69 Å². The Labute approximate surface area is 115 Å². The van der Waals surface area contributed by atoms with Crippen LogP contribution >= 0.6 is 0 Å². The molecule has 0 aromatic heterocycles. The fourth-order valence-electron chi connectivity index (χ4n) is 2.82. The number of anilines is 1. The maximum atomic E-state index is 12.4. The van der Waals surface area contributed by atoms with E-state index in [-0.39, 0.29) is 5.91 Å². The lowest BCUT2D eigenvalue weighted by atomic mass is 9.85. The van der Waals surface area contributed by atoms with E-state index in [9.17, 15) is 4.79 Å². The third kappa shape index (κ3) is 2.39. The first-order valence-corrected chi connectivity index (χ1v) is 7.17. The number of likely N-dealkylation sites (N-methyl/N-ethyl adjacent to an activating group) is 1. The second-order valence-electron chi connectivity index (χ2n) is 5.77. The highest BCUT2D eigenvalue weighted by Gasteiger charge is 2.43. The van der Waals surface area contributed by atoms with Gasteiger partial charge in [-0.2, -0.15) is 0 Å². The van der Waals surface area contributed by atoms with E-state index in [0.29, 0.717) is 0 Å². The van der Waals surface area contributed by atoms with Crippen LogP contribution < -0.4 is 10.6 Å². The molecule has 3 heteroatoms. The molecule has 1 aromatic rings. The van der Waals surface area contributed by atoms with Gasteiger partial charge in [0.05, 0.1) is 5.41 Å². The van der Waals surface area contributed by atoms with Crippen molar-refractivity contribution < 1.29 is 4.79 Å². The van der Waals surface area contributed by atoms with Crippen LogP contribution in [0, 0.1) is 0 Å². The number of fused-ring (bicyclic) bond motifs is 1. The lowest BCUT2D eigenvalue weighted by Crippen LogP contribution is -2.35. The number of amides is 1. The van der Waals surface area contributed by atoms with Crippen LogP contribution in [-0.2, 0) is 16.6 Å². The first-order chi connectivity index (χ1) is 9.02. The van der Waals surface area contributed by atoms with Crippen molar-refractivity contribution in [2.75, 3.05) is 18.0 Å². The lowest BCUT2D eigenvalue weighted by Gasteiger charge is -2.18. The first kappa shape index (κ1) is 14.1. The van der Waals surface area contributed by atoms with Crippen molar-refractivity contribution in [1.82, 2.24) is 0 Å². The van der Waals surface area contributed by atoms with Gasteiger partial charge in [0.25, 0.3) is 0 Å². The van der Waals surface area contributed by atoms with Gasteiger partial charge in [0.2, 0.25) is 5.91 Å². The minimum Gasteiger partial charge on any atom is -0.330 e. The summed E-state index contributed by atoms with van der Waals surface area (Å²) in [5.41, 5.74) is 8.70. The second kappa shape index (κ2) is 5.33. The Bertz CT molecular complexity index is 480. The molecule has 104 valence electrons. The molecule has 0 atom stereocenters. The molecule has 1 amide bonds. The Balaban J connectivity index is 2.30. The fraction of sp³-hybridized carbons (Fsp3) is 0.562. The molecule has 19 heavy (non-hydrogen) atoms. The zero-order valence-corrected chi connectivity index (χ0v) is 12.2. The predicted molar refractivity (Wildman–Crippen MR) is 79.5 cm³/mol. The van der Waals surface area contributed by atoms with Crippen molar-refractivity contribution in [2.45, 2.75) is 45.4 Å². The second-order valence-corrected chi connectivity index (χ2v) is 5.77. The van der Waals surface area contributed by atoms with Gasteiger partial charge in [-0.15, -0.1) is 0 Å². The summed E-state index contributed by atoms with van der Waals surface area (Å²) in [5.74, 6) is 0.212. The highest BCUT2D eigenvalue weighted by molar-refractivity contribution is 6.07. The molecule has 1 heterocycles. The first-order valence-electron chi connectivity index (χ1n) is 7.17. The molecule has 0 saturated carbocycles. The van der Waals surface area contributed by atoms with Crippen molar-refractivity contribution in [3.8, 4) is 0 Å². The molecule has 0 fully saturated rings. The molecule has 0 radical (unpaired) electrons. The zero-order chi connectivity index (χ0) is 14.0. The summed E-state index contributed by atoms with van der Waals surface area (Å²) >= 11 is 0. The number of hydrogen-bond acceptors (Lipinski definition) is 2. The van der Waals surface area contributed by atoms with E-state index in [1.807, 2.05) is 25.7 Å². The molecule has 0 bridgehead atoms. The Hall–Kier alpha value is -1.35. The van der Waals surface area contributed by atoms with Gasteiger partial charge in [-0.1, -0.05) is 12.1 Å². The Kier molecular flexibility index (Phi) is 3.95. The highest BCUT2D eigenvalue weighted by Crippen LogP contribution is 2.41. The van der Waals surface area contributed by atoms with Gasteiger partial charge in [0.15, 0.2) is 0 Å². The van der Waals surface area contributed by atoms with E-state index in [1.54, 1.807) is 0 Å². The van der Waals surface area contributed by atoms with Crippen LogP contribution in [0.1, 0.15) is 44.7 Å². The quantitative estimate of drug-likeness (QED) is 0.827. The van der Waals surface area contributed by atoms with E-state index in [0.717, 1.165) is 38.0 Å². The topological polar surface area (TPSA) is 46.3 Å². The van der Waals surface area contributed by atoms with Crippen molar-refractivity contribution in [2.24, 2.45) is 5.73 Å². The summed E-state index contributed by atoms with van der Waals surface area (Å²) in [5, 5.41) is 0. The van der Waals surface area contributed by atoms with E-state index in [1.165, 1.54) is 11.1 Å². The standard InChI is InChI=1S/C16H24N2O/c1-4-18-14-9-8-12(7-5-6-10-17)11-13(14)16(2,3)15(18)19/h8-9,11H,4-7,10,17H2,1-3H3. The maximum absolute atomic E-state index is 12.4. The summed E-state index contributed by atoms with van der Waals surface area (Å²) in [7, 11) is 0. The number of hydrogen-bond donors (Lipinski definition) is 1. The van der Waals surface area contributed by atoms with Crippen LogP contribution in [0.3, 0.4) is 0 Å². The molecule has 0 unspecified atom stereocenters. The van der Waals surface area contributed by atoms with Gasteiger partial charge in [-0.3, -0.25) is 4.79 Å². The molecule has 0 saturated heterocycles. The van der Waals surface area contributed by atoms with E-state index in [4.69, 9.17) is 5.73 Å². The van der Waals surface area contributed by atoms with E-state index >= 15 is 0 Å². The Morgan fingerprint density at radius 3 is 2.63 bits per heavy atom. The van der Waals surface area contributed by atoms with Gasteiger partial charge in [-0.05, 0) is 63.8 Å². The van der Waals surface area contributed by atoms with Gasteiger partial charge < -0.3 is 10.6 Å². The largest absolute Gasteiger partial charge is 0.330 e. The highest BCUT2D eigenvalue weighted by atomic mass is 16.2. The monoisotopic (exact) mass is 260 g/mol. The van der Waals surface area contributed by atoms with Crippen molar-refractivity contribution in [3.05, 3.63) is 29.3 Å². The molecule has 2 rings (SSSR count). The van der Waals surface area contributed by atoms with Crippen molar-refractivity contribution >= 4 is 11.6 Å². The number of rotatable bonds is 5. The molecule has 1 aromatic carbocycles. The van der Waals surface area contributed by atoms with Gasteiger partial charge in [0, 0.05) is 12.2 Å². The molecular formula is C16H24N2O. The minimum absolute atomic E-state index is 0.212. The molecule has 2 N–H and O–H groups in total. The van der Waals surface area contributed by atoms with Gasteiger partial charge in [-0.25, -0.2) is 0 Å². The molecule has 0 spiro atoms. The van der Waals surface area contributed by atoms with Crippen LogP contribution in [0.5, 0.6) is 0 Å². The SMILES string of the molecule is CCN1C(=O)C(C)(C)c2cc(CCCCN)ccc21. The molecule has 1 aliphatic heterocycles. The Morgan fingerprint density at radius 2 is 2.00 bits per heavy atom. The number of carbonyl (C=O) groups is 1. The summed E-state index contributed by atoms with van der Waals surface area (Å²) in [6.45, 7) is 7.56. The summed E-state index contributed by atoms with van der Waals surface area (Å²) < 4.78 is 0.